The zero-order valence-corrected chi connectivity index (χ0v) is 22.7. The van der Waals surface area contributed by atoms with Crippen LogP contribution in [0.2, 0.25) is 5.02 Å². The minimum absolute atomic E-state index is 0.134. The van der Waals surface area contributed by atoms with Crippen molar-refractivity contribution >= 4 is 27.6 Å². The maximum Gasteiger partial charge on any atom is 0.243 e. The lowest BCUT2D eigenvalue weighted by atomic mass is 10.2. The third-order valence-corrected chi connectivity index (χ3v) is 7.46. The number of methoxy groups -OCH3 is 3. The number of anilines is 1. The Balaban J connectivity index is 1.84. The number of hydrogen-bond acceptors (Lipinski definition) is 11. The zero-order valence-electron chi connectivity index (χ0n) is 21.2. The first kappa shape index (κ1) is 27.2. The molecular formula is C23H25ClN8O5S. The quantitative estimate of drug-likeness (QED) is 0.304. The van der Waals surface area contributed by atoms with E-state index < -0.39 is 21.4 Å². The molecule has 0 saturated carbocycles. The number of nitrogens with zero attached hydrogens (tertiary/aromatic N) is 7. The van der Waals surface area contributed by atoms with Crippen molar-refractivity contribution in [3.8, 4) is 28.7 Å². The standard InChI is InChI=1S/C23H25ClN8O5S/c1-13-9-25-12-16(28-13)22-29-30-23(32(22)19-17(35-3)7-6-8-18(19)36-4)31-38(33,34)14(2)20(37-5)21-26-10-15(24)11-27-21/h6-12,14,20H,1-5H3,(H,30,31)/t14-,20?/m0/s1. The summed E-state index contributed by atoms with van der Waals surface area (Å²) in [5.41, 5.74) is 1.34. The van der Waals surface area contributed by atoms with Crippen LogP contribution in [0.4, 0.5) is 5.95 Å². The van der Waals surface area contributed by atoms with Gasteiger partial charge in [0.1, 0.15) is 34.2 Å². The summed E-state index contributed by atoms with van der Waals surface area (Å²) in [7, 11) is 0.172. The molecule has 4 aromatic rings. The second-order valence-electron chi connectivity index (χ2n) is 8.01. The van der Waals surface area contributed by atoms with Crippen molar-refractivity contribution in [2.75, 3.05) is 26.1 Å². The Kier molecular flexibility index (Phi) is 8.04. The topological polar surface area (TPSA) is 156 Å². The molecule has 4 rings (SSSR count). The molecule has 13 nitrogen and oxygen atoms in total. The van der Waals surface area contributed by atoms with Crippen LogP contribution in [0.15, 0.2) is 43.0 Å². The van der Waals surface area contributed by atoms with Crippen molar-refractivity contribution in [2.24, 2.45) is 0 Å². The van der Waals surface area contributed by atoms with Crippen molar-refractivity contribution in [2.45, 2.75) is 25.2 Å². The second kappa shape index (κ2) is 11.2. The molecule has 0 fully saturated rings. The van der Waals surface area contributed by atoms with Gasteiger partial charge in [0.25, 0.3) is 0 Å². The molecule has 1 aromatic carbocycles. The van der Waals surface area contributed by atoms with Crippen LogP contribution in [0.25, 0.3) is 17.2 Å². The predicted molar refractivity (Wildman–Crippen MR) is 139 cm³/mol. The van der Waals surface area contributed by atoms with Crippen LogP contribution >= 0.6 is 11.6 Å². The summed E-state index contributed by atoms with van der Waals surface area (Å²) in [6, 6.07) is 5.13. The van der Waals surface area contributed by atoms with E-state index in [2.05, 4.69) is 34.9 Å². The average Bonchev–Trinajstić information content (AvgIpc) is 3.31. The van der Waals surface area contributed by atoms with Crippen molar-refractivity contribution < 1.29 is 22.6 Å². The number of para-hydroxylation sites is 1. The van der Waals surface area contributed by atoms with Crippen molar-refractivity contribution in [3.05, 3.63) is 59.5 Å². The maximum absolute atomic E-state index is 13.6. The van der Waals surface area contributed by atoms with Crippen LogP contribution < -0.4 is 14.2 Å². The minimum Gasteiger partial charge on any atom is -0.494 e. The van der Waals surface area contributed by atoms with Gasteiger partial charge in [0.05, 0.1) is 31.1 Å². The molecule has 0 amide bonds. The van der Waals surface area contributed by atoms with Crippen molar-refractivity contribution in [3.63, 3.8) is 0 Å². The van der Waals surface area contributed by atoms with Crippen molar-refractivity contribution in [1.29, 1.82) is 0 Å². The first-order valence-corrected chi connectivity index (χ1v) is 13.1. The highest BCUT2D eigenvalue weighted by atomic mass is 35.5. The first-order valence-electron chi connectivity index (χ1n) is 11.2. The summed E-state index contributed by atoms with van der Waals surface area (Å²) >= 11 is 5.88. The molecule has 0 radical (unpaired) electrons. The lowest BCUT2D eigenvalue weighted by Gasteiger charge is -2.22. The summed E-state index contributed by atoms with van der Waals surface area (Å²) < 4.78 is 47.7. The molecule has 0 aliphatic rings. The van der Waals surface area contributed by atoms with Gasteiger partial charge in [-0.1, -0.05) is 17.7 Å². The lowest BCUT2D eigenvalue weighted by Crippen LogP contribution is -2.33. The van der Waals surface area contributed by atoms with Crippen LogP contribution in [0.1, 0.15) is 24.5 Å². The number of aryl methyl sites for hydroxylation is 1. The number of rotatable bonds is 10. The first-order chi connectivity index (χ1) is 18.2. The second-order valence-corrected chi connectivity index (χ2v) is 10.5. The van der Waals surface area contributed by atoms with E-state index >= 15 is 0 Å². The lowest BCUT2D eigenvalue weighted by molar-refractivity contribution is 0.0950. The van der Waals surface area contributed by atoms with E-state index in [4.69, 9.17) is 25.8 Å². The fourth-order valence-electron chi connectivity index (χ4n) is 3.71. The number of halogens is 1. The van der Waals surface area contributed by atoms with E-state index in [0.29, 0.717) is 33.6 Å². The van der Waals surface area contributed by atoms with E-state index in [9.17, 15) is 8.42 Å². The van der Waals surface area contributed by atoms with E-state index in [1.165, 1.54) is 51.4 Å². The third kappa shape index (κ3) is 5.37. The van der Waals surface area contributed by atoms with Gasteiger partial charge in [-0.2, -0.15) is 0 Å². The Hall–Kier alpha value is -3.88. The van der Waals surface area contributed by atoms with Gasteiger partial charge in [0.15, 0.2) is 11.6 Å². The number of aromatic nitrogens is 7. The summed E-state index contributed by atoms with van der Waals surface area (Å²) in [4.78, 5) is 16.9. The van der Waals surface area contributed by atoms with Crippen LogP contribution in [-0.4, -0.2) is 69.7 Å². The van der Waals surface area contributed by atoms with Crippen LogP contribution in [0.3, 0.4) is 0 Å². The molecule has 3 aromatic heterocycles. The monoisotopic (exact) mass is 560 g/mol. The normalized spacial score (nSPS) is 13.1. The zero-order chi connectivity index (χ0) is 27.4. The molecule has 0 spiro atoms. The number of hydrogen-bond donors (Lipinski definition) is 1. The summed E-state index contributed by atoms with van der Waals surface area (Å²) in [6.07, 6.45) is 4.80. The molecule has 200 valence electrons. The summed E-state index contributed by atoms with van der Waals surface area (Å²) in [5.74, 6) is 0.981. The molecule has 2 atom stereocenters. The van der Waals surface area contributed by atoms with Gasteiger partial charge in [0.2, 0.25) is 16.0 Å². The largest absolute Gasteiger partial charge is 0.494 e. The van der Waals surface area contributed by atoms with Crippen LogP contribution in [0, 0.1) is 6.92 Å². The number of nitrogens with one attached hydrogen (secondary N) is 1. The minimum atomic E-state index is -4.16. The molecule has 15 heteroatoms. The summed E-state index contributed by atoms with van der Waals surface area (Å²) in [6.45, 7) is 3.24. The molecule has 0 saturated heterocycles. The molecular weight excluding hydrogens is 536 g/mol. The number of ether oxygens (including phenoxy) is 3. The predicted octanol–water partition coefficient (Wildman–Crippen LogP) is 3.01. The highest BCUT2D eigenvalue weighted by Crippen LogP contribution is 2.37. The van der Waals surface area contributed by atoms with Gasteiger partial charge in [0, 0.05) is 25.7 Å². The van der Waals surface area contributed by atoms with E-state index in [0.717, 1.165) is 0 Å². The molecule has 3 heterocycles. The Morgan fingerprint density at radius 2 is 1.66 bits per heavy atom. The molecule has 1 unspecified atom stereocenters. The Bertz CT molecular complexity index is 1510. The van der Waals surface area contributed by atoms with E-state index in [-0.39, 0.29) is 17.6 Å². The smallest absolute Gasteiger partial charge is 0.243 e. The average molecular weight is 561 g/mol. The highest BCUT2D eigenvalue weighted by molar-refractivity contribution is 7.93. The Morgan fingerprint density at radius 3 is 2.24 bits per heavy atom. The number of sulfonamides is 1. The van der Waals surface area contributed by atoms with Crippen molar-refractivity contribution in [1.82, 2.24) is 34.7 Å². The summed E-state index contributed by atoms with van der Waals surface area (Å²) in [5, 5.41) is 7.53. The maximum atomic E-state index is 13.6. The fourth-order valence-corrected chi connectivity index (χ4v) is 4.94. The van der Waals surface area contributed by atoms with Gasteiger partial charge in [-0.25, -0.2) is 23.4 Å². The van der Waals surface area contributed by atoms with Gasteiger partial charge < -0.3 is 14.2 Å². The fraction of sp³-hybridized carbons (Fsp3) is 0.304. The molecule has 0 bridgehead atoms. The highest BCUT2D eigenvalue weighted by Gasteiger charge is 2.35. The van der Waals surface area contributed by atoms with E-state index in [1.54, 1.807) is 31.3 Å². The van der Waals surface area contributed by atoms with Gasteiger partial charge in [-0.15, -0.1) is 10.2 Å². The molecule has 1 N–H and O–H groups in total. The third-order valence-electron chi connectivity index (χ3n) is 5.57. The van der Waals surface area contributed by atoms with Gasteiger partial charge in [-0.3, -0.25) is 14.3 Å². The van der Waals surface area contributed by atoms with Gasteiger partial charge >= 0.3 is 0 Å². The van der Waals surface area contributed by atoms with Gasteiger partial charge in [-0.05, 0) is 26.0 Å². The molecule has 0 aliphatic carbocycles. The van der Waals surface area contributed by atoms with Crippen LogP contribution in [-0.2, 0) is 14.8 Å². The SMILES string of the molecule is COc1cccc(OC)c1-n1c(NS(=O)(=O)[C@@H](C)C(OC)c2ncc(Cl)cn2)nnc1-c1cncc(C)n1. The number of benzene rings is 1. The molecule has 38 heavy (non-hydrogen) atoms. The molecule has 0 aliphatic heterocycles. The van der Waals surface area contributed by atoms with Crippen LogP contribution in [0.5, 0.6) is 11.5 Å². The Labute approximate surface area is 224 Å². The Morgan fingerprint density at radius 1 is 1.00 bits per heavy atom. The van der Waals surface area contributed by atoms with E-state index in [1.807, 2.05) is 0 Å².